The molecule has 0 unspecified atom stereocenters. The summed E-state index contributed by atoms with van der Waals surface area (Å²) in [7, 11) is 0. The van der Waals surface area contributed by atoms with Gasteiger partial charge in [0.05, 0.1) is 0 Å². The molecule has 0 radical (unpaired) electrons. The molecule has 0 atom stereocenters. The Morgan fingerprint density at radius 1 is 1.32 bits per heavy atom. The predicted molar refractivity (Wildman–Crippen MR) is 80.5 cm³/mol. The lowest BCUT2D eigenvalue weighted by Crippen LogP contribution is -2.20. The number of amides is 1. The molecule has 2 aromatic rings. The van der Waals surface area contributed by atoms with Gasteiger partial charge < -0.3 is 15.4 Å². The molecule has 0 saturated heterocycles. The number of anilines is 1. The molecule has 1 aromatic carbocycles. The molecule has 0 bridgehead atoms. The Bertz CT molecular complexity index is 673. The van der Waals surface area contributed by atoms with Crippen LogP contribution >= 0.6 is 0 Å². The summed E-state index contributed by atoms with van der Waals surface area (Å²) in [4.78, 5) is 25.5. The second kappa shape index (κ2) is 6.79. The molecule has 0 spiro atoms. The number of carbonyl (C=O) groups is 1. The first-order valence-electron chi connectivity index (χ1n) is 6.99. The summed E-state index contributed by atoms with van der Waals surface area (Å²) in [5, 5.41) is 17.0. The van der Waals surface area contributed by atoms with Crippen molar-refractivity contribution in [3.8, 4) is 0 Å². The van der Waals surface area contributed by atoms with Crippen LogP contribution in [0.5, 0.6) is 0 Å². The Hall–Kier alpha value is -2.77. The number of nitro groups is 1. The van der Waals surface area contributed by atoms with Crippen LogP contribution in [-0.2, 0) is 24.2 Å². The maximum absolute atomic E-state index is 12.1. The SMILES string of the molecule is CCc1cccc(CC)c1NC(=O)Cn1cnc([N+](=O)[O-])n1. The van der Waals surface area contributed by atoms with Gasteiger partial charge in [0.15, 0.2) is 0 Å². The molecule has 1 N–H and O–H groups in total. The lowest BCUT2D eigenvalue weighted by Gasteiger charge is -2.13. The van der Waals surface area contributed by atoms with Gasteiger partial charge in [0.25, 0.3) is 0 Å². The largest absolute Gasteiger partial charge is 0.490 e. The minimum atomic E-state index is -0.698. The molecule has 8 heteroatoms. The van der Waals surface area contributed by atoms with Crippen molar-refractivity contribution >= 4 is 17.5 Å². The molecule has 116 valence electrons. The maximum Gasteiger partial charge on any atom is 0.490 e. The van der Waals surface area contributed by atoms with Crippen molar-refractivity contribution in [2.24, 2.45) is 0 Å². The van der Waals surface area contributed by atoms with E-state index in [2.05, 4.69) is 15.4 Å². The second-order valence-electron chi connectivity index (χ2n) is 4.71. The number of rotatable bonds is 6. The van der Waals surface area contributed by atoms with E-state index in [0.29, 0.717) is 0 Å². The Labute approximate surface area is 127 Å². The van der Waals surface area contributed by atoms with E-state index in [1.54, 1.807) is 0 Å². The Kier molecular flexibility index (Phi) is 4.82. The summed E-state index contributed by atoms with van der Waals surface area (Å²) in [6.45, 7) is 3.92. The van der Waals surface area contributed by atoms with E-state index in [9.17, 15) is 14.9 Å². The van der Waals surface area contributed by atoms with Crippen molar-refractivity contribution in [2.75, 3.05) is 5.32 Å². The lowest BCUT2D eigenvalue weighted by atomic mass is 10.0. The Balaban J connectivity index is 2.13. The summed E-state index contributed by atoms with van der Waals surface area (Å²) in [5.41, 5.74) is 2.92. The number of nitrogens with one attached hydrogen (secondary N) is 1. The van der Waals surface area contributed by atoms with Crippen molar-refractivity contribution in [2.45, 2.75) is 33.2 Å². The van der Waals surface area contributed by atoms with Crippen molar-refractivity contribution in [3.63, 3.8) is 0 Å². The van der Waals surface area contributed by atoms with Crippen LogP contribution in [0.15, 0.2) is 24.5 Å². The van der Waals surface area contributed by atoms with Gasteiger partial charge in [-0.05, 0) is 28.9 Å². The third-order valence-corrected chi connectivity index (χ3v) is 3.26. The van der Waals surface area contributed by atoms with E-state index in [-0.39, 0.29) is 12.5 Å². The fourth-order valence-electron chi connectivity index (χ4n) is 2.17. The highest BCUT2D eigenvalue weighted by Gasteiger charge is 2.16. The Morgan fingerprint density at radius 2 is 1.95 bits per heavy atom. The van der Waals surface area contributed by atoms with Crippen LogP contribution in [0.1, 0.15) is 25.0 Å². The highest BCUT2D eigenvalue weighted by atomic mass is 16.6. The topological polar surface area (TPSA) is 103 Å². The number of nitrogens with zero attached hydrogens (tertiary/aromatic N) is 4. The molecule has 8 nitrogen and oxygen atoms in total. The zero-order valence-electron chi connectivity index (χ0n) is 12.4. The smallest absolute Gasteiger partial charge is 0.390 e. The zero-order valence-corrected chi connectivity index (χ0v) is 12.4. The summed E-state index contributed by atoms with van der Waals surface area (Å²) in [6, 6.07) is 5.90. The number of aryl methyl sites for hydroxylation is 2. The first-order valence-corrected chi connectivity index (χ1v) is 6.99. The van der Waals surface area contributed by atoms with E-state index in [1.807, 2.05) is 32.0 Å². The fourth-order valence-corrected chi connectivity index (χ4v) is 2.17. The van der Waals surface area contributed by atoms with Crippen LogP contribution in [-0.4, -0.2) is 25.6 Å². The van der Waals surface area contributed by atoms with Crippen molar-refractivity contribution in [1.82, 2.24) is 14.8 Å². The molecule has 1 heterocycles. The minimum Gasteiger partial charge on any atom is -0.390 e. The van der Waals surface area contributed by atoms with Gasteiger partial charge in [-0.15, -0.1) is 0 Å². The zero-order chi connectivity index (χ0) is 16.1. The monoisotopic (exact) mass is 303 g/mol. The average Bonchev–Trinajstić information content (AvgIpc) is 2.96. The molecular weight excluding hydrogens is 286 g/mol. The molecule has 1 amide bonds. The maximum atomic E-state index is 12.1. The standard InChI is InChI=1S/C14H17N5O3/c1-3-10-6-5-7-11(4-2)13(10)16-12(20)8-18-9-15-14(17-18)19(21)22/h5-7,9H,3-4,8H2,1-2H3,(H,16,20). The summed E-state index contributed by atoms with van der Waals surface area (Å²) in [5.74, 6) is -0.814. The number of aromatic nitrogens is 3. The number of carbonyl (C=O) groups excluding carboxylic acids is 1. The van der Waals surface area contributed by atoms with Crippen LogP contribution in [0.25, 0.3) is 0 Å². The number of benzene rings is 1. The quantitative estimate of drug-likeness (QED) is 0.649. The molecule has 22 heavy (non-hydrogen) atoms. The first kappa shape index (κ1) is 15.6. The van der Waals surface area contributed by atoms with E-state index in [4.69, 9.17) is 0 Å². The van der Waals surface area contributed by atoms with Gasteiger partial charge in [0.1, 0.15) is 6.54 Å². The van der Waals surface area contributed by atoms with Crippen LogP contribution in [0.3, 0.4) is 0 Å². The van der Waals surface area contributed by atoms with Crippen molar-refractivity contribution < 1.29 is 9.72 Å². The minimum absolute atomic E-state index is 0.123. The third-order valence-electron chi connectivity index (χ3n) is 3.26. The molecular formula is C14H17N5O3. The van der Waals surface area contributed by atoms with Crippen molar-refractivity contribution in [1.29, 1.82) is 0 Å². The van der Waals surface area contributed by atoms with E-state index >= 15 is 0 Å². The van der Waals surface area contributed by atoms with Gasteiger partial charge in [-0.1, -0.05) is 37.0 Å². The van der Waals surface area contributed by atoms with Crippen molar-refractivity contribution in [3.05, 3.63) is 45.8 Å². The molecule has 0 aliphatic rings. The van der Waals surface area contributed by atoms with Crippen LogP contribution in [0.4, 0.5) is 11.6 Å². The predicted octanol–water partition coefficient (Wildman–Crippen LogP) is 1.95. The number of para-hydroxylation sites is 1. The van der Waals surface area contributed by atoms with Crippen LogP contribution < -0.4 is 5.32 Å². The molecule has 1 aromatic heterocycles. The van der Waals surface area contributed by atoms with E-state index in [1.165, 1.54) is 6.33 Å². The Morgan fingerprint density at radius 3 is 2.45 bits per heavy atom. The second-order valence-corrected chi connectivity index (χ2v) is 4.71. The molecule has 0 aliphatic carbocycles. The average molecular weight is 303 g/mol. The molecule has 0 aliphatic heterocycles. The normalized spacial score (nSPS) is 10.5. The van der Waals surface area contributed by atoms with Gasteiger partial charge in [0, 0.05) is 10.8 Å². The highest BCUT2D eigenvalue weighted by molar-refractivity contribution is 5.92. The van der Waals surface area contributed by atoms with E-state index in [0.717, 1.165) is 34.3 Å². The van der Waals surface area contributed by atoms with Gasteiger partial charge >= 0.3 is 5.95 Å². The fraction of sp³-hybridized carbons (Fsp3) is 0.357. The van der Waals surface area contributed by atoms with Crippen LogP contribution in [0, 0.1) is 10.1 Å². The molecule has 2 rings (SSSR count). The van der Waals surface area contributed by atoms with Crippen LogP contribution in [0.2, 0.25) is 0 Å². The van der Waals surface area contributed by atoms with Gasteiger partial charge in [-0.3, -0.25) is 4.79 Å². The first-order chi connectivity index (χ1) is 10.5. The number of hydrogen-bond donors (Lipinski definition) is 1. The summed E-state index contributed by atoms with van der Waals surface area (Å²) < 4.78 is 1.15. The summed E-state index contributed by atoms with van der Waals surface area (Å²) in [6.07, 6.45) is 2.78. The van der Waals surface area contributed by atoms with Gasteiger partial charge in [-0.25, -0.2) is 0 Å². The summed E-state index contributed by atoms with van der Waals surface area (Å²) >= 11 is 0. The lowest BCUT2D eigenvalue weighted by molar-refractivity contribution is -0.394. The van der Waals surface area contributed by atoms with Gasteiger partial charge in [0.2, 0.25) is 12.2 Å². The van der Waals surface area contributed by atoms with Gasteiger partial charge in [-0.2, -0.15) is 4.68 Å². The highest BCUT2D eigenvalue weighted by Crippen LogP contribution is 2.22. The van der Waals surface area contributed by atoms with E-state index < -0.39 is 10.9 Å². The number of hydrogen-bond acceptors (Lipinski definition) is 5. The molecule has 0 saturated carbocycles. The molecule has 0 fully saturated rings. The third kappa shape index (κ3) is 3.46.